The van der Waals surface area contributed by atoms with Gasteiger partial charge in [-0.05, 0) is 44.4 Å². The Bertz CT molecular complexity index is 783. The predicted molar refractivity (Wildman–Crippen MR) is 124 cm³/mol. The molecule has 2 aliphatic heterocycles. The molecule has 0 amide bonds. The van der Waals surface area contributed by atoms with Crippen molar-refractivity contribution in [2.75, 3.05) is 19.7 Å². The number of hydrogen-bond acceptors (Lipinski definition) is 4. The first-order valence-electron chi connectivity index (χ1n) is 11.5. The van der Waals surface area contributed by atoms with Crippen molar-refractivity contribution in [3.05, 3.63) is 84.4 Å². The number of rotatable bonds is 8. The third kappa shape index (κ3) is 5.45. The highest BCUT2D eigenvalue weighted by Crippen LogP contribution is 2.36. The van der Waals surface area contributed by atoms with Crippen LogP contribution < -0.4 is 0 Å². The van der Waals surface area contributed by atoms with Crippen molar-refractivity contribution in [2.45, 2.75) is 63.3 Å². The number of piperidine rings is 1. The summed E-state index contributed by atoms with van der Waals surface area (Å²) in [7, 11) is 0. The molecular weight excluding hydrogens is 386 g/mol. The topological polar surface area (TPSA) is 30.9 Å². The summed E-state index contributed by atoms with van der Waals surface area (Å²) in [5.74, 6) is -0.584. The van der Waals surface area contributed by atoms with E-state index >= 15 is 0 Å². The van der Waals surface area contributed by atoms with Gasteiger partial charge in [0.15, 0.2) is 5.79 Å². The molecule has 4 nitrogen and oxygen atoms in total. The van der Waals surface area contributed by atoms with Crippen molar-refractivity contribution in [2.24, 2.45) is 0 Å². The van der Waals surface area contributed by atoms with E-state index in [0.717, 1.165) is 30.6 Å². The Hall–Kier alpha value is -1.98. The highest BCUT2D eigenvalue weighted by molar-refractivity contribution is 5.30. The normalized spacial score (nSPS) is 24.9. The molecule has 2 aromatic rings. The first kappa shape index (κ1) is 22.2. The Morgan fingerprint density at radius 3 is 2.26 bits per heavy atom. The number of likely N-dealkylation sites (tertiary alicyclic amines) is 1. The summed E-state index contributed by atoms with van der Waals surface area (Å²) in [4.78, 5) is 2.50. The Labute approximate surface area is 186 Å². The highest BCUT2D eigenvalue weighted by Gasteiger charge is 2.44. The fourth-order valence-electron chi connectivity index (χ4n) is 4.85. The third-order valence-corrected chi connectivity index (χ3v) is 6.30. The van der Waals surface area contributed by atoms with E-state index in [-0.39, 0.29) is 24.4 Å². The lowest BCUT2D eigenvalue weighted by Crippen LogP contribution is -2.53. The van der Waals surface area contributed by atoms with E-state index in [1.165, 1.54) is 12.8 Å². The van der Waals surface area contributed by atoms with Crippen LogP contribution in [0.1, 0.15) is 50.3 Å². The van der Waals surface area contributed by atoms with Crippen molar-refractivity contribution in [1.29, 1.82) is 0 Å². The molecule has 0 radical (unpaired) electrons. The van der Waals surface area contributed by atoms with Crippen LogP contribution in [0.2, 0.25) is 0 Å². The summed E-state index contributed by atoms with van der Waals surface area (Å²) in [6.07, 6.45) is 5.13. The average Bonchev–Trinajstić information content (AvgIpc) is 3.16. The molecule has 2 fully saturated rings. The molecule has 2 aliphatic rings. The zero-order chi connectivity index (χ0) is 21.7. The molecule has 166 valence electrons. The van der Waals surface area contributed by atoms with Crippen LogP contribution in [0, 0.1) is 0 Å². The SMILES string of the molecule is C=CCN1CCCC[C@@H]1[C@H](OC(c1ccccc1)c1ccccc1)[C@H]1COC(C)(C)O1. The molecule has 0 aliphatic carbocycles. The largest absolute Gasteiger partial charge is 0.361 e. The summed E-state index contributed by atoms with van der Waals surface area (Å²) in [6, 6.07) is 21.3. The second-order valence-electron chi connectivity index (χ2n) is 9.02. The molecule has 2 saturated heterocycles. The van der Waals surface area contributed by atoms with Crippen LogP contribution in [0.15, 0.2) is 73.3 Å². The van der Waals surface area contributed by atoms with Crippen molar-refractivity contribution >= 4 is 0 Å². The van der Waals surface area contributed by atoms with Gasteiger partial charge in [-0.3, -0.25) is 4.90 Å². The summed E-state index contributed by atoms with van der Waals surface area (Å²) >= 11 is 0. The predicted octanol–water partition coefficient (Wildman–Crippen LogP) is 5.35. The zero-order valence-electron chi connectivity index (χ0n) is 18.8. The van der Waals surface area contributed by atoms with Crippen LogP contribution in [-0.4, -0.2) is 48.6 Å². The Balaban J connectivity index is 1.68. The Morgan fingerprint density at radius 2 is 1.71 bits per heavy atom. The van der Waals surface area contributed by atoms with Gasteiger partial charge in [0.1, 0.15) is 18.3 Å². The van der Waals surface area contributed by atoms with E-state index in [4.69, 9.17) is 14.2 Å². The van der Waals surface area contributed by atoms with Crippen molar-refractivity contribution < 1.29 is 14.2 Å². The average molecular weight is 422 g/mol. The van der Waals surface area contributed by atoms with Gasteiger partial charge >= 0.3 is 0 Å². The quantitative estimate of drug-likeness (QED) is 0.538. The molecule has 4 rings (SSSR count). The van der Waals surface area contributed by atoms with Crippen molar-refractivity contribution in [3.63, 3.8) is 0 Å². The Kier molecular flexibility index (Phi) is 7.24. The standard InChI is InChI=1S/C27H35NO3/c1-4-18-28-19-12-11-17-23(28)26(24-20-29-27(2,3)31-24)30-25(21-13-7-5-8-14-21)22-15-9-6-10-16-22/h4-10,13-16,23-26H,1,11-12,17-20H2,2-3H3/t23-,24-,26+/m1/s1. The number of benzene rings is 2. The minimum absolute atomic E-state index is 0.104. The van der Waals surface area contributed by atoms with Gasteiger partial charge in [0.25, 0.3) is 0 Å². The molecule has 0 N–H and O–H groups in total. The van der Waals surface area contributed by atoms with E-state index < -0.39 is 5.79 Å². The summed E-state index contributed by atoms with van der Waals surface area (Å²) in [6.45, 7) is 10.4. The van der Waals surface area contributed by atoms with Gasteiger partial charge in [-0.15, -0.1) is 6.58 Å². The maximum atomic E-state index is 7.04. The lowest BCUT2D eigenvalue weighted by Gasteiger charge is -2.42. The minimum Gasteiger partial charge on any atom is -0.361 e. The molecule has 2 aromatic carbocycles. The van der Waals surface area contributed by atoms with Crippen molar-refractivity contribution in [3.8, 4) is 0 Å². The number of hydrogen-bond donors (Lipinski definition) is 0. The van der Waals surface area contributed by atoms with Gasteiger partial charge in [-0.2, -0.15) is 0 Å². The molecule has 0 saturated carbocycles. The molecular formula is C27H35NO3. The fraction of sp³-hybridized carbons (Fsp3) is 0.481. The molecule has 0 spiro atoms. The second kappa shape index (κ2) is 10.1. The monoisotopic (exact) mass is 421 g/mol. The lowest BCUT2D eigenvalue weighted by atomic mass is 9.93. The molecule has 0 bridgehead atoms. The molecule has 2 heterocycles. The van der Waals surface area contributed by atoms with E-state index in [9.17, 15) is 0 Å². The van der Waals surface area contributed by atoms with Crippen LogP contribution in [0.5, 0.6) is 0 Å². The first-order chi connectivity index (χ1) is 15.1. The van der Waals surface area contributed by atoms with Gasteiger partial charge in [0, 0.05) is 12.6 Å². The minimum atomic E-state index is -0.584. The molecule has 0 unspecified atom stereocenters. The summed E-state index contributed by atoms with van der Waals surface area (Å²) in [5.41, 5.74) is 2.31. The number of nitrogens with zero attached hydrogens (tertiary/aromatic N) is 1. The van der Waals surface area contributed by atoms with Gasteiger partial charge in [0.05, 0.1) is 6.61 Å². The maximum absolute atomic E-state index is 7.04. The second-order valence-corrected chi connectivity index (χ2v) is 9.02. The summed E-state index contributed by atoms with van der Waals surface area (Å²) < 4.78 is 19.4. The first-order valence-corrected chi connectivity index (χ1v) is 11.5. The van der Waals surface area contributed by atoms with Crippen molar-refractivity contribution in [1.82, 2.24) is 4.90 Å². The van der Waals surface area contributed by atoms with Crippen LogP contribution in [0.3, 0.4) is 0 Å². The third-order valence-electron chi connectivity index (χ3n) is 6.30. The van der Waals surface area contributed by atoms with Gasteiger partial charge in [-0.1, -0.05) is 73.2 Å². The fourth-order valence-corrected chi connectivity index (χ4v) is 4.85. The van der Waals surface area contributed by atoms with E-state index in [1.54, 1.807) is 0 Å². The van der Waals surface area contributed by atoms with Crippen LogP contribution >= 0.6 is 0 Å². The van der Waals surface area contributed by atoms with E-state index in [1.807, 2.05) is 32.1 Å². The molecule has 4 heteroatoms. The van der Waals surface area contributed by atoms with E-state index in [2.05, 4.69) is 60.0 Å². The lowest BCUT2D eigenvalue weighted by molar-refractivity contribution is -0.172. The smallest absolute Gasteiger partial charge is 0.163 e. The van der Waals surface area contributed by atoms with Gasteiger partial charge < -0.3 is 14.2 Å². The highest BCUT2D eigenvalue weighted by atomic mass is 16.7. The van der Waals surface area contributed by atoms with E-state index in [0.29, 0.717) is 6.61 Å². The summed E-state index contributed by atoms with van der Waals surface area (Å²) in [5, 5.41) is 0. The van der Waals surface area contributed by atoms with Crippen LogP contribution in [-0.2, 0) is 14.2 Å². The zero-order valence-corrected chi connectivity index (χ0v) is 18.8. The van der Waals surface area contributed by atoms with Gasteiger partial charge in [0.2, 0.25) is 0 Å². The van der Waals surface area contributed by atoms with Crippen LogP contribution in [0.4, 0.5) is 0 Å². The molecule has 0 aromatic heterocycles. The molecule has 3 atom stereocenters. The molecule has 31 heavy (non-hydrogen) atoms. The number of ether oxygens (including phenoxy) is 3. The maximum Gasteiger partial charge on any atom is 0.163 e. The Morgan fingerprint density at radius 1 is 1.06 bits per heavy atom. The van der Waals surface area contributed by atoms with Crippen LogP contribution in [0.25, 0.3) is 0 Å². The van der Waals surface area contributed by atoms with Gasteiger partial charge in [-0.25, -0.2) is 0 Å².